The van der Waals surface area contributed by atoms with E-state index in [1.165, 1.54) is 0 Å². The number of benzene rings is 1. The zero-order valence-corrected chi connectivity index (χ0v) is 13.5. The third-order valence-electron chi connectivity index (χ3n) is 2.65. The fourth-order valence-corrected chi connectivity index (χ4v) is 2.69. The van der Waals surface area contributed by atoms with Crippen LogP contribution in [-0.4, -0.2) is 23.6 Å². The number of ether oxygens (including phenoxy) is 1. The first-order valence-corrected chi connectivity index (χ1v) is 8.02. The highest BCUT2D eigenvalue weighted by molar-refractivity contribution is 7.13. The van der Waals surface area contributed by atoms with Gasteiger partial charge in [-0.1, -0.05) is 0 Å². The Kier molecular flexibility index (Phi) is 5.73. The Bertz CT molecular complexity index is 596. The van der Waals surface area contributed by atoms with Gasteiger partial charge in [-0.25, -0.2) is 4.98 Å². The lowest BCUT2D eigenvalue weighted by Gasteiger charge is -2.08. The van der Waals surface area contributed by atoms with Crippen molar-refractivity contribution in [2.24, 2.45) is 0 Å². The van der Waals surface area contributed by atoms with Gasteiger partial charge in [0.1, 0.15) is 11.6 Å². The number of aromatic nitrogens is 1. The molecule has 0 aliphatic rings. The van der Waals surface area contributed by atoms with Crippen LogP contribution in [0.25, 0.3) is 10.6 Å². The molecule has 0 saturated heterocycles. The predicted molar refractivity (Wildman–Crippen MR) is 86.8 cm³/mol. The Hall–Kier alpha value is -1.43. The number of carbonyl (C=O) groups is 1. The van der Waals surface area contributed by atoms with Gasteiger partial charge < -0.3 is 10.1 Å². The summed E-state index contributed by atoms with van der Waals surface area (Å²) in [5.74, 6) is 0.260. The Morgan fingerprint density at radius 1 is 1.38 bits per heavy atom. The van der Waals surface area contributed by atoms with E-state index < -0.39 is 0 Å². The molecule has 0 bridgehead atoms. The summed E-state index contributed by atoms with van der Waals surface area (Å²) in [6.45, 7) is 3.85. The number of rotatable bonds is 6. The molecule has 6 heteroatoms. The topological polar surface area (TPSA) is 51.2 Å². The van der Waals surface area contributed by atoms with Gasteiger partial charge in [0.15, 0.2) is 0 Å². The van der Waals surface area contributed by atoms with Crippen LogP contribution in [0, 0.1) is 0 Å². The maximum Gasteiger partial charge on any atom is 0.250 e. The number of thiazole rings is 1. The van der Waals surface area contributed by atoms with Crippen molar-refractivity contribution in [2.45, 2.75) is 25.8 Å². The number of halogens is 1. The molecule has 0 spiro atoms. The van der Waals surface area contributed by atoms with Gasteiger partial charge >= 0.3 is 0 Å². The van der Waals surface area contributed by atoms with Crippen molar-refractivity contribution in [2.75, 3.05) is 11.9 Å². The van der Waals surface area contributed by atoms with Crippen LogP contribution in [0.4, 0.5) is 5.69 Å². The van der Waals surface area contributed by atoms with E-state index in [-0.39, 0.29) is 18.6 Å². The number of alkyl halides is 1. The second kappa shape index (κ2) is 7.54. The quantitative estimate of drug-likeness (QED) is 0.819. The Balaban J connectivity index is 1.97. The van der Waals surface area contributed by atoms with Crippen molar-refractivity contribution in [3.63, 3.8) is 0 Å². The molecule has 0 aliphatic heterocycles. The van der Waals surface area contributed by atoms with Gasteiger partial charge in [0, 0.05) is 16.6 Å². The highest BCUT2D eigenvalue weighted by Gasteiger charge is 2.06. The second-order valence-corrected chi connectivity index (χ2v) is 5.89. The molecule has 1 aromatic heterocycles. The molecule has 1 heterocycles. The van der Waals surface area contributed by atoms with Crippen molar-refractivity contribution in [3.05, 3.63) is 35.3 Å². The first-order valence-electron chi connectivity index (χ1n) is 6.60. The van der Waals surface area contributed by atoms with Crippen molar-refractivity contribution >= 4 is 34.5 Å². The minimum Gasteiger partial charge on any atom is -0.369 e. The van der Waals surface area contributed by atoms with E-state index in [0.717, 1.165) is 22.0 Å². The van der Waals surface area contributed by atoms with Crippen LogP contribution in [0.15, 0.2) is 29.6 Å². The van der Waals surface area contributed by atoms with E-state index >= 15 is 0 Å². The molecular weight excluding hydrogens is 308 g/mol. The largest absolute Gasteiger partial charge is 0.369 e. The molecule has 2 aromatic rings. The highest BCUT2D eigenvalue weighted by Crippen LogP contribution is 2.25. The monoisotopic (exact) mass is 324 g/mol. The lowest BCUT2D eigenvalue weighted by Crippen LogP contribution is -2.20. The maximum atomic E-state index is 11.7. The van der Waals surface area contributed by atoms with E-state index in [2.05, 4.69) is 10.3 Å². The normalized spacial score (nSPS) is 10.9. The molecule has 0 atom stereocenters. The number of nitrogens with zero attached hydrogens (tertiary/aromatic N) is 1. The molecule has 0 radical (unpaired) electrons. The first-order chi connectivity index (χ1) is 10.1. The number of amides is 1. The van der Waals surface area contributed by atoms with Gasteiger partial charge in [0.05, 0.1) is 17.7 Å². The van der Waals surface area contributed by atoms with Crippen molar-refractivity contribution < 1.29 is 9.53 Å². The van der Waals surface area contributed by atoms with E-state index in [0.29, 0.717) is 5.88 Å². The molecule has 1 N–H and O–H groups in total. The van der Waals surface area contributed by atoms with Gasteiger partial charge in [-0.15, -0.1) is 22.9 Å². The second-order valence-electron chi connectivity index (χ2n) is 4.76. The minimum atomic E-state index is -0.157. The Labute approximate surface area is 133 Å². The SMILES string of the molecule is CC(C)OCC(=O)Nc1ccc(-c2nc(CCl)cs2)cc1. The van der Waals surface area contributed by atoms with Gasteiger partial charge in [-0.2, -0.15) is 0 Å². The minimum absolute atomic E-state index is 0.0409. The van der Waals surface area contributed by atoms with E-state index in [1.54, 1.807) is 11.3 Å². The van der Waals surface area contributed by atoms with Gasteiger partial charge in [-0.05, 0) is 38.1 Å². The highest BCUT2D eigenvalue weighted by atomic mass is 35.5. The summed E-state index contributed by atoms with van der Waals surface area (Å²) >= 11 is 7.30. The number of carbonyl (C=O) groups excluding carboxylic acids is 1. The molecule has 1 amide bonds. The van der Waals surface area contributed by atoms with Crippen LogP contribution in [0.5, 0.6) is 0 Å². The molecular formula is C15H17ClN2O2S. The van der Waals surface area contributed by atoms with Crippen molar-refractivity contribution in [1.82, 2.24) is 4.98 Å². The summed E-state index contributed by atoms with van der Waals surface area (Å²) in [6.07, 6.45) is 0.0409. The van der Waals surface area contributed by atoms with Crippen LogP contribution >= 0.6 is 22.9 Å². The van der Waals surface area contributed by atoms with Gasteiger partial charge in [-0.3, -0.25) is 4.79 Å². The molecule has 0 fully saturated rings. The zero-order valence-electron chi connectivity index (χ0n) is 11.9. The molecule has 21 heavy (non-hydrogen) atoms. The van der Waals surface area contributed by atoms with E-state index in [1.807, 2.05) is 43.5 Å². The van der Waals surface area contributed by atoms with Crippen LogP contribution in [0.1, 0.15) is 19.5 Å². The first kappa shape index (κ1) is 15.9. The fourth-order valence-electron chi connectivity index (χ4n) is 1.64. The molecule has 0 aliphatic carbocycles. The van der Waals surface area contributed by atoms with E-state index in [4.69, 9.17) is 16.3 Å². The lowest BCUT2D eigenvalue weighted by atomic mass is 10.2. The van der Waals surface area contributed by atoms with Crippen LogP contribution < -0.4 is 5.32 Å². The molecule has 0 unspecified atom stereocenters. The van der Waals surface area contributed by atoms with Crippen LogP contribution in [-0.2, 0) is 15.4 Å². The zero-order chi connectivity index (χ0) is 15.2. The molecule has 112 valence electrons. The maximum absolute atomic E-state index is 11.7. The van der Waals surface area contributed by atoms with Crippen LogP contribution in [0.2, 0.25) is 0 Å². The predicted octanol–water partition coefficient (Wildman–Crippen LogP) is 3.91. The van der Waals surface area contributed by atoms with E-state index in [9.17, 15) is 4.79 Å². The molecule has 4 nitrogen and oxygen atoms in total. The van der Waals surface area contributed by atoms with Gasteiger partial charge in [0.2, 0.25) is 5.91 Å². The number of nitrogens with one attached hydrogen (secondary N) is 1. The standard InChI is InChI=1S/C15H17ClN2O2S/c1-10(2)20-8-14(19)17-12-5-3-11(4-6-12)15-18-13(7-16)9-21-15/h3-6,9-10H,7-8H2,1-2H3,(H,17,19). The fraction of sp³-hybridized carbons (Fsp3) is 0.333. The summed E-state index contributed by atoms with van der Waals surface area (Å²) in [5, 5.41) is 5.66. The average molecular weight is 325 g/mol. The number of hydrogen-bond acceptors (Lipinski definition) is 4. The van der Waals surface area contributed by atoms with Crippen molar-refractivity contribution in [1.29, 1.82) is 0 Å². The Morgan fingerprint density at radius 3 is 2.67 bits per heavy atom. The third-order valence-corrected chi connectivity index (χ3v) is 3.87. The lowest BCUT2D eigenvalue weighted by molar-refractivity contribution is -0.121. The van der Waals surface area contributed by atoms with Crippen molar-refractivity contribution in [3.8, 4) is 10.6 Å². The molecule has 1 aromatic carbocycles. The summed E-state index contributed by atoms with van der Waals surface area (Å²) in [5.41, 5.74) is 2.62. The summed E-state index contributed by atoms with van der Waals surface area (Å²) in [7, 11) is 0. The summed E-state index contributed by atoms with van der Waals surface area (Å²) in [4.78, 5) is 16.1. The average Bonchev–Trinajstić information content (AvgIpc) is 2.95. The smallest absolute Gasteiger partial charge is 0.250 e. The third kappa shape index (κ3) is 4.81. The summed E-state index contributed by atoms with van der Waals surface area (Å²) < 4.78 is 5.25. The Morgan fingerprint density at radius 2 is 2.10 bits per heavy atom. The summed E-state index contributed by atoms with van der Waals surface area (Å²) in [6, 6.07) is 7.56. The molecule has 0 saturated carbocycles. The molecule has 2 rings (SSSR count). The number of anilines is 1. The van der Waals surface area contributed by atoms with Gasteiger partial charge in [0.25, 0.3) is 0 Å². The van der Waals surface area contributed by atoms with Crippen LogP contribution in [0.3, 0.4) is 0 Å². The number of hydrogen-bond donors (Lipinski definition) is 1.